The van der Waals surface area contributed by atoms with Gasteiger partial charge in [0.25, 0.3) is 0 Å². The summed E-state index contributed by atoms with van der Waals surface area (Å²) in [5.41, 5.74) is 5.23. The van der Waals surface area contributed by atoms with Crippen LogP contribution in [-0.2, 0) is 0 Å². The Morgan fingerprint density at radius 1 is 1.21 bits per heavy atom. The molecule has 0 amide bonds. The Kier molecular flexibility index (Phi) is 5.29. The van der Waals surface area contributed by atoms with Crippen LogP contribution in [0.4, 0.5) is 0 Å². The molecule has 1 saturated carbocycles. The molecule has 0 bridgehead atoms. The molecule has 2 aliphatic rings. The molecule has 3 rings (SSSR count). The van der Waals surface area contributed by atoms with Crippen LogP contribution in [0.15, 0.2) is 66.1 Å². The van der Waals surface area contributed by atoms with Crippen molar-refractivity contribution < 1.29 is 0 Å². The summed E-state index contributed by atoms with van der Waals surface area (Å²) in [4.78, 5) is 0. The first kappa shape index (κ1) is 16.7. The number of hydrogen-bond acceptors (Lipinski definition) is 2. The third-order valence-corrected chi connectivity index (χ3v) is 4.82. The van der Waals surface area contributed by atoms with Gasteiger partial charge < -0.3 is 10.6 Å². The first-order chi connectivity index (χ1) is 11.7. The topological polar surface area (TPSA) is 24.1 Å². The number of rotatable bonds is 4. The van der Waals surface area contributed by atoms with E-state index < -0.39 is 0 Å². The van der Waals surface area contributed by atoms with Gasteiger partial charge >= 0.3 is 0 Å². The van der Waals surface area contributed by atoms with Crippen LogP contribution in [0.2, 0.25) is 0 Å². The van der Waals surface area contributed by atoms with Gasteiger partial charge in [-0.05, 0) is 48.6 Å². The lowest BCUT2D eigenvalue weighted by Crippen LogP contribution is -2.37. The van der Waals surface area contributed by atoms with Crippen LogP contribution in [0.25, 0.3) is 5.57 Å². The summed E-state index contributed by atoms with van der Waals surface area (Å²) in [7, 11) is 6.12. The molecule has 0 unspecified atom stereocenters. The summed E-state index contributed by atoms with van der Waals surface area (Å²) >= 11 is 0. The molecule has 1 aromatic rings. The zero-order valence-corrected chi connectivity index (χ0v) is 14.4. The standard InChI is InChI=1S/C21H25BN2/c1-3-19(22)20-13-16(18-12-8-7-9-15(18)2)14-21(24-20)23-17-10-5-4-6-11-17/h3,7-9,12-14,17,23-24H,1,4-6,10-11H2,2H3/b20-19+. The highest BCUT2D eigenvalue weighted by molar-refractivity contribution is 6.24. The smallest absolute Gasteiger partial charge is 0.116 e. The van der Waals surface area contributed by atoms with E-state index >= 15 is 0 Å². The molecule has 2 N–H and O–H groups in total. The second-order valence-electron chi connectivity index (χ2n) is 6.65. The molecule has 1 aromatic carbocycles. The van der Waals surface area contributed by atoms with E-state index in [1.54, 1.807) is 6.08 Å². The molecule has 1 fully saturated rings. The number of benzene rings is 1. The molecular formula is C21H25BN2. The summed E-state index contributed by atoms with van der Waals surface area (Å²) in [5, 5.41) is 7.10. The van der Waals surface area contributed by atoms with Crippen LogP contribution in [0.1, 0.15) is 43.2 Å². The van der Waals surface area contributed by atoms with Crippen LogP contribution in [0.3, 0.4) is 0 Å². The summed E-state index contributed by atoms with van der Waals surface area (Å²) < 4.78 is 0. The van der Waals surface area contributed by atoms with Crippen molar-refractivity contribution in [1.29, 1.82) is 0 Å². The molecule has 0 aromatic heterocycles. The van der Waals surface area contributed by atoms with Crippen molar-refractivity contribution in [2.24, 2.45) is 0 Å². The third-order valence-electron chi connectivity index (χ3n) is 4.82. The van der Waals surface area contributed by atoms with Gasteiger partial charge in [-0.1, -0.05) is 61.7 Å². The van der Waals surface area contributed by atoms with Crippen molar-refractivity contribution >= 4 is 13.4 Å². The Bertz CT molecular complexity index is 706. The summed E-state index contributed by atoms with van der Waals surface area (Å²) in [5.74, 6) is 1.03. The Labute approximate surface area is 146 Å². The first-order valence-electron chi connectivity index (χ1n) is 8.82. The molecule has 2 nitrogen and oxygen atoms in total. The van der Waals surface area contributed by atoms with E-state index in [1.807, 2.05) is 0 Å². The minimum Gasteiger partial charge on any atom is -0.369 e. The average molecular weight is 316 g/mol. The van der Waals surface area contributed by atoms with Crippen molar-refractivity contribution in [2.75, 3.05) is 0 Å². The van der Waals surface area contributed by atoms with Crippen molar-refractivity contribution in [3.8, 4) is 0 Å². The van der Waals surface area contributed by atoms with Crippen molar-refractivity contribution in [3.05, 3.63) is 77.2 Å². The highest BCUT2D eigenvalue weighted by atomic mass is 15.1. The van der Waals surface area contributed by atoms with Gasteiger partial charge in [-0.25, -0.2) is 0 Å². The fraction of sp³-hybridized carbons (Fsp3) is 0.333. The van der Waals surface area contributed by atoms with Gasteiger partial charge in [0.05, 0.1) is 0 Å². The number of allylic oxidation sites excluding steroid dienone is 5. The molecule has 122 valence electrons. The van der Waals surface area contributed by atoms with Gasteiger partial charge in [0.15, 0.2) is 0 Å². The van der Waals surface area contributed by atoms with Crippen LogP contribution < -0.4 is 10.6 Å². The fourth-order valence-electron chi connectivity index (χ4n) is 3.43. The monoisotopic (exact) mass is 316 g/mol. The maximum atomic E-state index is 6.12. The van der Waals surface area contributed by atoms with Gasteiger partial charge in [-0.3, -0.25) is 0 Å². The highest BCUT2D eigenvalue weighted by Crippen LogP contribution is 2.27. The molecule has 0 spiro atoms. The minimum absolute atomic E-state index is 0.542. The molecule has 0 saturated heterocycles. The van der Waals surface area contributed by atoms with Crippen molar-refractivity contribution in [1.82, 2.24) is 10.6 Å². The molecule has 1 aliphatic carbocycles. The lowest BCUT2D eigenvalue weighted by Gasteiger charge is -2.29. The van der Waals surface area contributed by atoms with Crippen LogP contribution in [0.5, 0.6) is 0 Å². The number of nitrogens with one attached hydrogen (secondary N) is 2. The Morgan fingerprint density at radius 3 is 2.67 bits per heavy atom. The predicted octanol–water partition coefficient (Wildman–Crippen LogP) is 4.31. The number of dihydropyridines is 1. The van der Waals surface area contributed by atoms with E-state index in [-0.39, 0.29) is 0 Å². The maximum absolute atomic E-state index is 6.12. The van der Waals surface area contributed by atoms with Gasteiger partial charge in [-0.2, -0.15) is 0 Å². The Balaban J connectivity index is 1.93. The van der Waals surface area contributed by atoms with E-state index in [9.17, 15) is 0 Å². The summed E-state index contributed by atoms with van der Waals surface area (Å²) in [6.45, 7) is 5.94. The molecule has 3 heteroatoms. The summed E-state index contributed by atoms with van der Waals surface area (Å²) in [6.07, 6.45) is 12.4. The maximum Gasteiger partial charge on any atom is 0.116 e. The molecule has 1 heterocycles. The fourth-order valence-corrected chi connectivity index (χ4v) is 3.43. The van der Waals surface area contributed by atoms with Crippen LogP contribution >= 0.6 is 0 Å². The minimum atomic E-state index is 0.542. The zero-order valence-electron chi connectivity index (χ0n) is 14.4. The summed E-state index contributed by atoms with van der Waals surface area (Å²) in [6, 6.07) is 8.98. The Morgan fingerprint density at radius 2 is 1.96 bits per heavy atom. The predicted molar refractivity (Wildman–Crippen MR) is 103 cm³/mol. The van der Waals surface area contributed by atoms with E-state index in [0.717, 1.165) is 11.5 Å². The van der Waals surface area contributed by atoms with Crippen LogP contribution in [-0.4, -0.2) is 13.9 Å². The SMILES string of the molecule is [B]/C(C=C)=C1\C=C(c2ccccc2C)C=C(NC2CCCCC2)N1. The van der Waals surface area contributed by atoms with E-state index in [2.05, 4.69) is 60.6 Å². The van der Waals surface area contributed by atoms with Crippen LogP contribution in [0, 0.1) is 6.92 Å². The highest BCUT2D eigenvalue weighted by Gasteiger charge is 2.17. The van der Waals surface area contributed by atoms with Gasteiger partial charge in [-0.15, -0.1) is 0 Å². The van der Waals surface area contributed by atoms with Crippen molar-refractivity contribution in [3.63, 3.8) is 0 Å². The zero-order chi connectivity index (χ0) is 16.9. The average Bonchev–Trinajstić information content (AvgIpc) is 2.62. The van der Waals surface area contributed by atoms with E-state index in [1.165, 1.54) is 48.8 Å². The molecule has 0 atom stereocenters. The lowest BCUT2D eigenvalue weighted by atomic mass is 9.89. The van der Waals surface area contributed by atoms with Gasteiger partial charge in [0.2, 0.25) is 0 Å². The first-order valence-corrected chi connectivity index (χ1v) is 8.82. The second-order valence-corrected chi connectivity index (χ2v) is 6.65. The second kappa shape index (κ2) is 7.61. The quantitative estimate of drug-likeness (QED) is 0.809. The molecular weight excluding hydrogens is 291 g/mol. The largest absolute Gasteiger partial charge is 0.369 e. The molecule has 2 radical (unpaired) electrons. The Hall–Kier alpha value is -2.16. The lowest BCUT2D eigenvalue weighted by molar-refractivity contribution is 0.391. The number of hydrogen-bond donors (Lipinski definition) is 2. The normalized spacial score (nSPS) is 20.5. The third kappa shape index (κ3) is 3.84. The number of aryl methyl sites for hydroxylation is 1. The van der Waals surface area contributed by atoms with Gasteiger partial charge in [0, 0.05) is 11.7 Å². The molecule has 24 heavy (non-hydrogen) atoms. The van der Waals surface area contributed by atoms with E-state index in [0.29, 0.717) is 11.5 Å². The van der Waals surface area contributed by atoms with Crippen molar-refractivity contribution in [2.45, 2.75) is 45.1 Å². The van der Waals surface area contributed by atoms with E-state index in [4.69, 9.17) is 7.85 Å². The van der Waals surface area contributed by atoms with Gasteiger partial charge in [0.1, 0.15) is 13.7 Å². The molecule has 1 aliphatic heterocycles.